The van der Waals surface area contributed by atoms with Crippen molar-refractivity contribution in [2.75, 3.05) is 13.2 Å². The molecule has 2 aromatic rings. The van der Waals surface area contributed by atoms with Crippen molar-refractivity contribution >= 4 is 0 Å². The number of hydrogen-bond acceptors (Lipinski definition) is 5. The van der Waals surface area contributed by atoms with E-state index in [9.17, 15) is 4.39 Å². The minimum absolute atomic E-state index is 0.278. The van der Waals surface area contributed by atoms with Crippen LogP contribution in [0, 0.1) is 5.82 Å². The van der Waals surface area contributed by atoms with E-state index in [0.29, 0.717) is 30.6 Å². The molecule has 1 unspecified atom stereocenters. The molecule has 6 heteroatoms. The molecule has 1 N–H and O–H groups in total. The summed E-state index contributed by atoms with van der Waals surface area (Å²) >= 11 is 0. The molecule has 2 heterocycles. The second-order valence-corrected chi connectivity index (χ2v) is 4.79. The third-order valence-corrected chi connectivity index (χ3v) is 3.29. The molecule has 0 saturated carbocycles. The molecular formula is C14H16FN3O2. The maximum absolute atomic E-state index is 13.6. The zero-order chi connectivity index (χ0) is 13.8. The van der Waals surface area contributed by atoms with Crippen LogP contribution < -0.4 is 5.32 Å². The lowest BCUT2D eigenvalue weighted by Gasteiger charge is -2.22. The Morgan fingerprint density at radius 1 is 1.35 bits per heavy atom. The van der Waals surface area contributed by atoms with E-state index in [0.717, 1.165) is 19.4 Å². The Balaban J connectivity index is 1.63. The lowest BCUT2D eigenvalue weighted by Crippen LogP contribution is -2.36. The fourth-order valence-corrected chi connectivity index (χ4v) is 2.21. The summed E-state index contributed by atoms with van der Waals surface area (Å²) in [6.45, 7) is 2.00. The first kappa shape index (κ1) is 13.2. The number of nitrogens with one attached hydrogen (secondary N) is 1. The van der Waals surface area contributed by atoms with Crippen LogP contribution in [0.1, 0.15) is 18.7 Å². The van der Waals surface area contributed by atoms with E-state index in [1.165, 1.54) is 6.07 Å². The van der Waals surface area contributed by atoms with Gasteiger partial charge in [0.15, 0.2) is 0 Å². The zero-order valence-electron chi connectivity index (χ0n) is 11.0. The summed E-state index contributed by atoms with van der Waals surface area (Å²) in [5.74, 6) is 0.377. The highest BCUT2D eigenvalue weighted by Crippen LogP contribution is 2.19. The number of hydrogen-bond donors (Lipinski definition) is 1. The number of rotatable bonds is 4. The summed E-state index contributed by atoms with van der Waals surface area (Å²) < 4.78 is 24.1. The molecule has 1 atom stereocenters. The molecule has 3 rings (SSSR count). The van der Waals surface area contributed by atoms with Crippen LogP contribution >= 0.6 is 0 Å². The van der Waals surface area contributed by atoms with Gasteiger partial charge in [0.05, 0.1) is 18.7 Å². The van der Waals surface area contributed by atoms with Gasteiger partial charge in [-0.1, -0.05) is 17.3 Å². The Hall–Kier alpha value is -1.79. The van der Waals surface area contributed by atoms with Crippen molar-refractivity contribution < 1.29 is 13.7 Å². The standard InChI is InChI=1S/C14H16FN3O2/c15-12-6-2-1-5-11(12)14-17-13(20-18-14)8-16-10-4-3-7-19-9-10/h1-2,5-6,10,16H,3-4,7-9H2. The Labute approximate surface area is 116 Å². The molecular weight excluding hydrogens is 261 g/mol. The van der Waals surface area contributed by atoms with Crippen molar-refractivity contribution in [3.05, 3.63) is 36.0 Å². The molecule has 1 aromatic carbocycles. The maximum atomic E-state index is 13.6. The van der Waals surface area contributed by atoms with Crippen LogP contribution in [0.3, 0.4) is 0 Å². The maximum Gasteiger partial charge on any atom is 0.240 e. The SMILES string of the molecule is Fc1ccccc1-c1noc(CNC2CCCOC2)n1. The summed E-state index contributed by atoms with van der Waals surface area (Å²) in [4.78, 5) is 4.20. The van der Waals surface area contributed by atoms with Gasteiger partial charge in [-0.2, -0.15) is 4.98 Å². The first-order chi connectivity index (χ1) is 9.83. The molecule has 1 aromatic heterocycles. The summed E-state index contributed by atoms with van der Waals surface area (Å²) in [7, 11) is 0. The minimum Gasteiger partial charge on any atom is -0.380 e. The van der Waals surface area contributed by atoms with Crippen molar-refractivity contribution in [1.82, 2.24) is 15.5 Å². The Morgan fingerprint density at radius 3 is 3.05 bits per heavy atom. The molecule has 1 fully saturated rings. The third kappa shape index (κ3) is 3.02. The van der Waals surface area contributed by atoms with Crippen molar-refractivity contribution in [2.45, 2.75) is 25.4 Å². The summed E-state index contributed by atoms with van der Waals surface area (Å²) in [5.41, 5.74) is 0.350. The Morgan fingerprint density at radius 2 is 2.25 bits per heavy atom. The van der Waals surface area contributed by atoms with E-state index < -0.39 is 0 Å². The van der Waals surface area contributed by atoms with Crippen LogP contribution in [0.15, 0.2) is 28.8 Å². The summed E-state index contributed by atoms with van der Waals surface area (Å²) in [5, 5.41) is 7.12. The average Bonchev–Trinajstić information content (AvgIpc) is 2.95. The van der Waals surface area contributed by atoms with Crippen LogP contribution in [0.5, 0.6) is 0 Å². The van der Waals surface area contributed by atoms with Gasteiger partial charge in [0, 0.05) is 12.6 Å². The fourth-order valence-electron chi connectivity index (χ4n) is 2.21. The van der Waals surface area contributed by atoms with Gasteiger partial charge < -0.3 is 14.6 Å². The van der Waals surface area contributed by atoms with E-state index in [-0.39, 0.29) is 11.6 Å². The second kappa shape index (κ2) is 6.11. The molecule has 1 saturated heterocycles. The molecule has 0 aliphatic carbocycles. The highest BCUT2D eigenvalue weighted by Gasteiger charge is 2.16. The summed E-state index contributed by atoms with van der Waals surface area (Å²) in [6.07, 6.45) is 2.14. The quantitative estimate of drug-likeness (QED) is 0.927. The fraction of sp³-hybridized carbons (Fsp3) is 0.429. The molecule has 0 spiro atoms. The van der Waals surface area contributed by atoms with E-state index in [2.05, 4.69) is 15.5 Å². The number of halogens is 1. The Bertz CT molecular complexity index is 567. The Kier molecular flexibility index (Phi) is 4.03. The van der Waals surface area contributed by atoms with Gasteiger partial charge in [-0.05, 0) is 25.0 Å². The largest absolute Gasteiger partial charge is 0.380 e. The van der Waals surface area contributed by atoms with E-state index in [1.807, 2.05) is 0 Å². The minimum atomic E-state index is -0.353. The smallest absolute Gasteiger partial charge is 0.240 e. The normalized spacial score (nSPS) is 19.1. The van der Waals surface area contributed by atoms with E-state index in [4.69, 9.17) is 9.26 Å². The average molecular weight is 277 g/mol. The molecule has 5 nitrogen and oxygen atoms in total. The van der Waals surface area contributed by atoms with Crippen LogP contribution in [0.25, 0.3) is 11.4 Å². The zero-order valence-corrected chi connectivity index (χ0v) is 11.0. The van der Waals surface area contributed by atoms with Gasteiger partial charge in [0.2, 0.25) is 11.7 Å². The molecule has 20 heavy (non-hydrogen) atoms. The first-order valence-electron chi connectivity index (χ1n) is 6.71. The van der Waals surface area contributed by atoms with Gasteiger partial charge in [-0.15, -0.1) is 0 Å². The van der Waals surface area contributed by atoms with Gasteiger partial charge in [-0.3, -0.25) is 0 Å². The van der Waals surface area contributed by atoms with Gasteiger partial charge in [0.25, 0.3) is 0 Å². The highest BCUT2D eigenvalue weighted by molar-refractivity contribution is 5.54. The molecule has 0 amide bonds. The highest BCUT2D eigenvalue weighted by atomic mass is 19.1. The third-order valence-electron chi connectivity index (χ3n) is 3.29. The van der Waals surface area contributed by atoms with Gasteiger partial charge in [0.1, 0.15) is 5.82 Å². The predicted molar refractivity (Wildman–Crippen MR) is 70.4 cm³/mol. The summed E-state index contributed by atoms with van der Waals surface area (Å²) in [6, 6.07) is 6.69. The van der Waals surface area contributed by atoms with Crippen molar-refractivity contribution in [2.24, 2.45) is 0 Å². The van der Waals surface area contributed by atoms with E-state index >= 15 is 0 Å². The lowest BCUT2D eigenvalue weighted by molar-refractivity contribution is 0.0689. The van der Waals surface area contributed by atoms with Crippen LogP contribution in [-0.4, -0.2) is 29.4 Å². The molecule has 0 bridgehead atoms. The van der Waals surface area contributed by atoms with Crippen molar-refractivity contribution in [3.8, 4) is 11.4 Å². The topological polar surface area (TPSA) is 60.2 Å². The first-order valence-corrected chi connectivity index (χ1v) is 6.71. The number of benzene rings is 1. The number of nitrogens with zero attached hydrogens (tertiary/aromatic N) is 2. The number of ether oxygens (including phenoxy) is 1. The van der Waals surface area contributed by atoms with Gasteiger partial charge >= 0.3 is 0 Å². The van der Waals surface area contributed by atoms with Crippen molar-refractivity contribution in [3.63, 3.8) is 0 Å². The van der Waals surface area contributed by atoms with Gasteiger partial charge in [-0.25, -0.2) is 4.39 Å². The van der Waals surface area contributed by atoms with Crippen LogP contribution in [-0.2, 0) is 11.3 Å². The number of aromatic nitrogens is 2. The molecule has 106 valence electrons. The monoisotopic (exact) mass is 277 g/mol. The van der Waals surface area contributed by atoms with Crippen LogP contribution in [0.4, 0.5) is 4.39 Å². The molecule has 1 aliphatic heterocycles. The predicted octanol–water partition coefficient (Wildman–Crippen LogP) is 2.14. The molecule has 0 radical (unpaired) electrons. The van der Waals surface area contributed by atoms with Crippen molar-refractivity contribution in [1.29, 1.82) is 0 Å². The lowest BCUT2D eigenvalue weighted by atomic mass is 10.1. The molecule has 1 aliphatic rings. The van der Waals surface area contributed by atoms with Crippen LogP contribution in [0.2, 0.25) is 0 Å². The van der Waals surface area contributed by atoms with E-state index in [1.54, 1.807) is 18.2 Å². The second-order valence-electron chi connectivity index (χ2n) is 4.79.